The first-order chi connectivity index (χ1) is 7.18. The van der Waals surface area contributed by atoms with E-state index in [2.05, 4.69) is 0 Å². The van der Waals surface area contributed by atoms with Crippen molar-refractivity contribution in [2.45, 2.75) is 6.92 Å². The van der Waals surface area contributed by atoms with Gasteiger partial charge in [-0.1, -0.05) is 24.3 Å². The molecule has 0 N–H and O–H groups in total. The molecule has 0 aliphatic carbocycles. The molecule has 0 bridgehead atoms. The van der Waals surface area contributed by atoms with Gasteiger partial charge in [-0.15, -0.1) is 0 Å². The lowest BCUT2D eigenvalue weighted by atomic mass is 10.0. The number of halogens is 2. The second kappa shape index (κ2) is 3.81. The molecule has 0 saturated carbocycles. The maximum Gasteiger partial charge on any atom is 0.133 e. The molecule has 0 spiro atoms. The molecule has 15 heavy (non-hydrogen) atoms. The van der Waals surface area contributed by atoms with Gasteiger partial charge in [0.05, 0.1) is 0 Å². The molecule has 2 heteroatoms. The highest BCUT2D eigenvalue weighted by molar-refractivity contribution is 5.67. The van der Waals surface area contributed by atoms with E-state index in [4.69, 9.17) is 0 Å². The van der Waals surface area contributed by atoms with Gasteiger partial charge in [-0.25, -0.2) is 8.78 Å². The Hall–Kier alpha value is -1.70. The van der Waals surface area contributed by atoms with Gasteiger partial charge in [0.1, 0.15) is 11.6 Å². The largest absolute Gasteiger partial charge is 0.207 e. The molecule has 0 unspecified atom stereocenters. The van der Waals surface area contributed by atoms with Crippen molar-refractivity contribution in [3.05, 3.63) is 59.7 Å². The van der Waals surface area contributed by atoms with Gasteiger partial charge in [0.2, 0.25) is 0 Å². The van der Waals surface area contributed by atoms with E-state index in [0.29, 0.717) is 5.56 Å². The molecule has 2 aromatic carbocycles. The van der Waals surface area contributed by atoms with Crippen molar-refractivity contribution in [3.63, 3.8) is 0 Å². The molecular weight excluding hydrogens is 194 g/mol. The minimum absolute atomic E-state index is 0.439. The van der Waals surface area contributed by atoms with Crippen LogP contribution in [0.25, 0.3) is 11.1 Å². The monoisotopic (exact) mass is 204 g/mol. The van der Waals surface area contributed by atoms with Crippen LogP contribution in [0.1, 0.15) is 5.56 Å². The molecule has 0 radical (unpaired) electrons. The van der Waals surface area contributed by atoms with Crippen molar-refractivity contribution in [2.75, 3.05) is 0 Å². The standard InChI is InChI=1S/C13H10F2/c1-9-4-2-3-5-11(9)12-7-6-10(14)8-13(12)15/h2-8H,1H3. The summed E-state index contributed by atoms with van der Waals surface area (Å²) in [5.74, 6) is -1.07. The molecule has 0 aromatic heterocycles. The van der Waals surface area contributed by atoms with Crippen LogP contribution in [0.5, 0.6) is 0 Å². The molecule has 0 aliphatic heterocycles. The van der Waals surface area contributed by atoms with Crippen molar-refractivity contribution < 1.29 is 8.78 Å². The van der Waals surface area contributed by atoms with Gasteiger partial charge in [-0.3, -0.25) is 0 Å². The Labute approximate surface area is 87.2 Å². The average Bonchev–Trinajstić information content (AvgIpc) is 2.20. The second-order valence-corrected chi connectivity index (χ2v) is 3.44. The van der Waals surface area contributed by atoms with Crippen LogP contribution in [0.2, 0.25) is 0 Å². The Bertz CT molecular complexity index is 490. The Kier molecular flexibility index (Phi) is 2.50. The van der Waals surface area contributed by atoms with E-state index in [0.717, 1.165) is 17.2 Å². The molecule has 0 fully saturated rings. The van der Waals surface area contributed by atoms with Crippen molar-refractivity contribution >= 4 is 0 Å². The van der Waals surface area contributed by atoms with Crippen molar-refractivity contribution in [1.82, 2.24) is 0 Å². The molecule has 0 atom stereocenters. The first kappa shape index (κ1) is 9.84. The third-order valence-electron chi connectivity index (χ3n) is 2.37. The van der Waals surface area contributed by atoms with Gasteiger partial charge in [0, 0.05) is 11.6 Å². The maximum atomic E-state index is 13.5. The Morgan fingerprint density at radius 2 is 1.60 bits per heavy atom. The van der Waals surface area contributed by atoms with Crippen LogP contribution in [-0.4, -0.2) is 0 Å². The summed E-state index contributed by atoms with van der Waals surface area (Å²) in [5, 5.41) is 0. The minimum atomic E-state index is -0.551. The smallest absolute Gasteiger partial charge is 0.133 e. The number of rotatable bonds is 1. The number of benzene rings is 2. The van der Waals surface area contributed by atoms with Gasteiger partial charge < -0.3 is 0 Å². The summed E-state index contributed by atoms with van der Waals surface area (Å²) in [6.07, 6.45) is 0. The molecule has 0 saturated heterocycles. The predicted molar refractivity (Wildman–Crippen MR) is 56.5 cm³/mol. The normalized spacial score (nSPS) is 10.3. The highest BCUT2D eigenvalue weighted by atomic mass is 19.1. The fourth-order valence-corrected chi connectivity index (χ4v) is 1.58. The highest BCUT2D eigenvalue weighted by Crippen LogP contribution is 2.26. The Balaban J connectivity index is 2.60. The lowest BCUT2D eigenvalue weighted by Crippen LogP contribution is -1.88. The van der Waals surface area contributed by atoms with Crippen molar-refractivity contribution in [1.29, 1.82) is 0 Å². The minimum Gasteiger partial charge on any atom is -0.207 e. The van der Waals surface area contributed by atoms with Crippen LogP contribution >= 0.6 is 0 Å². The SMILES string of the molecule is Cc1ccccc1-c1ccc(F)cc1F. The summed E-state index contributed by atoms with van der Waals surface area (Å²) < 4.78 is 26.2. The first-order valence-corrected chi connectivity index (χ1v) is 4.69. The molecule has 2 aromatic rings. The van der Waals surface area contributed by atoms with Crippen LogP contribution < -0.4 is 0 Å². The van der Waals surface area contributed by atoms with Gasteiger partial charge in [-0.2, -0.15) is 0 Å². The van der Waals surface area contributed by atoms with E-state index in [1.54, 1.807) is 0 Å². The molecule has 0 amide bonds. The third-order valence-corrected chi connectivity index (χ3v) is 2.37. The summed E-state index contributed by atoms with van der Waals surface area (Å²) in [6.45, 7) is 1.90. The number of aryl methyl sites for hydroxylation is 1. The summed E-state index contributed by atoms with van der Waals surface area (Å²) >= 11 is 0. The molecule has 2 rings (SSSR count). The van der Waals surface area contributed by atoms with Crippen LogP contribution in [0.3, 0.4) is 0 Å². The van der Waals surface area contributed by atoms with Crippen LogP contribution in [0, 0.1) is 18.6 Å². The summed E-state index contributed by atoms with van der Waals surface area (Å²) in [4.78, 5) is 0. The van der Waals surface area contributed by atoms with Crippen molar-refractivity contribution in [2.24, 2.45) is 0 Å². The summed E-state index contributed by atoms with van der Waals surface area (Å²) in [6, 6.07) is 11.1. The first-order valence-electron chi connectivity index (χ1n) is 4.69. The zero-order valence-corrected chi connectivity index (χ0v) is 8.30. The lowest BCUT2D eigenvalue weighted by Gasteiger charge is -2.06. The van der Waals surface area contributed by atoms with Crippen LogP contribution in [0.4, 0.5) is 8.78 Å². The van der Waals surface area contributed by atoms with E-state index in [-0.39, 0.29) is 0 Å². The molecule has 0 aliphatic rings. The highest BCUT2D eigenvalue weighted by Gasteiger charge is 2.07. The average molecular weight is 204 g/mol. The number of hydrogen-bond donors (Lipinski definition) is 0. The van der Waals surface area contributed by atoms with E-state index in [1.165, 1.54) is 12.1 Å². The fourth-order valence-electron chi connectivity index (χ4n) is 1.58. The summed E-state index contributed by atoms with van der Waals surface area (Å²) in [7, 11) is 0. The van der Waals surface area contributed by atoms with Gasteiger partial charge in [0.25, 0.3) is 0 Å². The van der Waals surface area contributed by atoms with Crippen LogP contribution in [0.15, 0.2) is 42.5 Å². The van der Waals surface area contributed by atoms with E-state index < -0.39 is 11.6 Å². The fraction of sp³-hybridized carbons (Fsp3) is 0.0769. The molecule has 76 valence electrons. The quantitative estimate of drug-likeness (QED) is 0.660. The van der Waals surface area contributed by atoms with Gasteiger partial charge in [-0.05, 0) is 30.2 Å². The van der Waals surface area contributed by atoms with Crippen molar-refractivity contribution in [3.8, 4) is 11.1 Å². The zero-order chi connectivity index (χ0) is 10.8. The van der Waals surface area contributed by atoms with E-state index in [1.807, 2.05) is 31.2 Å². The van der Waals surface area contributed by atoms with Crippen LogP contribution in [-0.2, 0) is 0 Å². The van der Waals surface area contributed by atoms with E-state index >= 15 is 0 Å². The molecule has 0 heterocycles. The Morgan fingerprint density at radius 3 is 2.27 bits per heavy atom. The Morgan fingerprint density at radius 1 is 0.867 bits per heavy atom. The predicted octanol–water partition coefficient (Wildman–Crippen LogP) is 3.94. The molecular formula is C13H10F2. The summed E-state index contributed by atoms with van der Waals surface area (Å²) in [5.41, 5.74) is 2.22. The third kappa shape index (κ3) is 1.89. The maximum absolute atomic E-state index is 13.5. The lowest BCUT2D eigenvalue weighted by molar-refractivity contribution is 0.585. The van der Waals surface area contributed by atoms with Gasteiger partial charge >= 0.3 is 0 Å². The molecule has 0 nitrogen and oxygen atoms in total. The van der Waals surface area contributed by atoms with Gasteiger partial charge in [0.15, 0.2) is 0 Å². The second-order valence-electron chi connectivity index (χ2n) is 3.44. The topological polar surface area (TPSA) is 0 Å². The number of hydrogen-bond acceptors (Lipinski definition) is 0. The van der Waals surface area contributed by atoms with E-state index in [9.17, 15) is 8.78 Å². The zero-order valence-electron chi connectivity index (χ0n) is 8.30.